The first-order chi connectivity index (χ1) is 13.8. The fourth-order valence-corrected chi connectivity index (χ4v) is 4.00. The molecule has 5 rings (SSSR count). The number of hydrogen-bond acceptors (Lipinski definition) is 4. The summed E-state index contributed by atoms with van der Waals surface area (Å²) in [7, 11) is 0. The number of nitrogens with one attached hydrogen (secondary N) is 1. The highest BCUT2D eigenvalue weighted by atomic mass is 15.2. The van der Waals surface area contributed by atoms with Crippen molar-refractivity contribution in [2.75, 3.05) is 11.9 Å². The quantitative estimate of drug-likeness (QED) is 0.742. The molecule has 5 heteroatoms. The molecule has 0 amide bonds. The van der Waals surface area contributed by atoms with Crippen molar-refractivity contribution in [2.45, 2.75) is 38.4 Å². The van der Waals surface area contributed by atoms with Gasteiger partial charge in [0, 0.05) is 37.6 Å². The van der Waals surface area contributed by atoms with Crippen LogP contribution in [0.4, 0.5) is 5.69 Å². The second-order valence-electron chi connectivity index (χ2n) is 7.63. The van der Waals surface area contributed by atoms with E-state index in [1.54, 1.807) is 0 Å². The zero-order valence-electron chi connectivity index (χ0n) is 15.8. The normalized spacial score (nSPS) is 16.3. The molecule has 5 nitrogen and oxygen atoms in total. The van der Waals surface area contributed by atoms with Crippen molar-refractivity contribution in [3.63, 3.8) is 0 Å². The van der Waals surface area contributed by atoms with Crippen LogP contribution in [0, 0.1) is 11.3 Å². The highest BCUT2D eigenvalue weighted by molar-refractivity contribution is 5.81. The number of nitrogens with zero attached hydrogens (tertiary/aromatic N) is 4. The topological polar surface area (TPSA) is 56.9 Å². The van der Waals surface area contributed by atoms with E-state index in [0.717, 1.165) is 48.3 Å². The molecule has 140 valence electrons. The molecule has 0 atom stereocenters. The van der Waals surface area contributed by atoms with E-state index >= 15 is 0 Å². The fraction of sp³-hybridized carbons (Fsp3) is 0.304. The summed E-state index contributed by atoms with van der Waals surface area (Å²) in [6, 6.07) is 17.0. The molecule has 1 fully saturated rings. The van der Waals surface area contributed by atoms with Crippen LogP contribution >= 0.6 is 0 Å². The number of anilines is 1. The lowest BCUT2D eigenvalue weighted by Gasteiger charge is -2.36. The minimum Gasteiger partial charge on any atom is -0.381 e. The second-order valence-corrected chi connectivity index (χ2v) is 7.63. The molecule has 1 N–H and O–H groups in total. The van der Waals surface area contributed by atoms with E-state index in [2.05, 4.69) is 51.3 Å². The Morgan fingerprint density at radius 1 is 1.11 bits per heavy atom. The average Bonchev–Trinajstić information content (AvgIpc) is 2.91. The summed E-state index contributed by atoms with van der Waals surface area (Å²) in [6.45, 7) is 2.76. The van der Waals surface area contributed by atoms with Crippen molar-refractivity contribution >= 4 is 22.8 Å². The molecule has 2 aromatic carbocycles. The van der Waals surface area contributed by atoms with Crippen LogP contribution in [0.1, 0.15) is 36.2 Å². The molecular weight excluding hydrogens is 346 g/mol. The summed E-state index contributed by atoms with van der Waals surface area (Å²) in [6.07, 6.45) is 8.40. The molecule has 2 heterocycles. The molecule has 0 saturated heterocycles. The number of hydrogen-bond donors (Lipinski definition) is 1. The van der Waals surface area contributed by atoms with Crippen molar-refractivity contribution in [2.24, 2.45) is 0 Å². The molecule has 2 aliphatic rings. The van der Waals surface area contributed by atoms with Gasteiger partial charge in [-0.2, -0.15) is 5.26 Å². The van der Waals surface area contributed by atoms with E-state index < -0.39 is 0 Å². The largest absolute Gasteiger partial charge is 0.381 e. The van der Waals surface area contributed by atoms with Crippen molar-refractivity contribution in [3.8, 4) is 6.07 Å². The predicted molar refractivity (Wildman–Crippen MR) is 112 cm³/mol. The SMILES string of the molecule is N#Cc1ccc(CNc2ccc3c(c2)nc2n3CCN(C3CCC3)C=C2)cc1. The summed E-state index contributed by atoms with van der Waals surface area (Å²) < 4.78 is 2.33. The van der Waals surface area contributed by atoms with Crippen molar-refractivity contribution in [1.82, 2.24) is 14.5 Å². The number of nitriles is 1. The van der Waals surface area contributed by atoms with Crippen LogP contribution in [-0.4, -0.2) is 27.0 Å². The Balaban J connectivity index is 1.33. The minimum atomic E-state index is 0.689. The number of rotatable bonds is 4. The zero-order chi connectivity index (χ0) is 18.9. The first-order valence-corrected chi connectivity index (χ1v) is 9.97. The first kappa shape index (κ1) is 16.9. The molecule has 3 aromatic rings. The van der Waals surface area contributed by atoms with Gasteiger partial charge < -0.3 is 14.8 Å². The minimum absolute atomic E-state index is 0.689. The maximum absolute atomic E-state index is 8.90. The van der Waals surface area contributed by atoms with Gasteiger partial charge in [-0.25, -0.2) is 4.98 Å². The van der Waals surface area contributed by atoms with Crippen LogP contribution in [-0.2, 0) is 13.1 Å². The summed E-state index contributed by atoms with van der Waals surface area (Å²) in [5.41, 5.74) is 5.12. The Hall–Kier alpha value is -3.26. The van der Waals surface area contributed by atoms with E-state index in [4.69, 9.17) is 10.2 Å². The molecule has 1 aliphatic carbocycles. The molecule has 0 radical (unpaired) electrons. The Labute approximate surface area is 164 Å². The average molecular weight is 369 g/mol. The van der Waals surface area contributed by atoms with Gasteiger partial charge in [-0.15, -0.1) is 0 Å². The Morgan fingerprint density at radius 3 is 2.71 bits per heavy atom. The maximum Gasteiger partial charge on any atom is 0.135 e. The Bertz CT molecular complexity index is 1070. The molecule has 0 spiro atoms. The summed E-state index contributed by atoms with van der Waals surface area (Å²) in [4.78, 5) is 7.35. The van der Waals surface area contributed by atoms with Crippen LogP contribution in [0.5, 0.6) is 0 Å². The molecule has 1 aromatic heterocycles. The Kier molecular flexibility index (Phi) is 4.25. The third-order valence-electron chi connectivity index (χ3n) is 5.90. The summed E-state index contributed by atoms with van der Waals surface area (Å²) in [5, 5.41) is 12.4. The van der Waals surface area contributed by atoms with Gasteiger partial charge in [0.15, 0.2) is 0 Å². The van der Waals surface area contributed by atoms with Gasteiger partial charge in [0.25, 0.3) is 0 Å². The summed E-state index contributed by atoms with van der Waals surface area (Å²) >= 11 is 0. The van der Waals surface area contributed by atoms with Gasteiger partial charge in [0.05, 0.1) is 22.7 Å². The number of benzene rings is 2. The second kappa shape index (κ2) is 7.05. The molecule has 1 saturated carbocycles. The Morgan fingerprint density at radius 2 is 1.96 bits per heavy atom. The monoisotopic (exact) mass is 369 g/mol. The van der Waals surface area contributed by atoms with Crippen molar-refractivity contribution < 1.29 is 0 Å². The van der Waals surface area contributed by atoms with E-state index in [1.807, 2.05) is 24.3 Å². The van der Waals surface area contributed by atoms with E-state index in [1.165, 1.54) is 24.8 Å². The van der Waals surface area contributed by atoms with Gasteiger partial charge in [0.1, 0.15) is 5.82 Å². The zero-order valence-corrected chi connectivity index (χ0v) is 15.8. The van der Waals surface area contributed by atoms with Gasteiger partial charge in [-0.1, -0.05) is 12.1 Å². The molecular formula is C23H23N5. The van der Waals surface area contributed by atoms with Crippen LogP contribution in [0.15, 0.2) is 48.7 Å². The lowest BCUT2D eigenvalue weighted by atomic mass is 9.92. The van der Waals surface area contributed by atoms with Gasteiger partial charge in [0.2, 0.25) is 0 Å². The van der Waals surface area contributed by atoms with Crippen LogP contribution in [0.25, 0.3) is 17.1 Å². The van der Waals surface area contributed by atoms with Crippen molar-refractivity contribution in [1.29, 1.82) is 5.26 Å². The number of aromatic nitrogens is 2. The smallest absolute Gasteiger partial charge is 0.135 e. The van der Waals surface area contributed by atoms with Crippen LogP contribution in [0.3, 0.4) is 0 Å². The lowest BCUT2D eigenvalue weighted by Crippen LogP contribution is -2.37. The predicted octanol–water partition coefficient (Wildman–Crippen LogP) is 4.36. The first-order valence-electron chi connectivity index (χ1n) is 9.97. The highest BCUT2D eigenvalue weighted by Crippen LogP contribution is 2.28. The number of imidazole rings is 1. The van der Waals surface area contributed by atoms with Crippen LogP contribution < -0.4 is 5.32 Å². The van der Waals surface area contributed by atoms with Gasteiger partial charge in [-0.05, 0) is 61.2 Å². The van der Waals surface area contributed by atoms with E-state index in [9.17, 15) is 0 Å². The van der Waals surface area contributed by atoms with E-state index in [-0.39, 0.29) is 0 Å². The molecule has 0 bridgehead atoms. The third-order valence-corrected chi connectivity index (χ3v) is 5.90. The standard InChI is InChI=1S/C23H23N5/c24-15-17-4-6-18(7-5-17)16-25-19-8-9-22-21(14-19)26-23-10-11-27(12-13-28(22)23)20-2-1-3-20/h4-11,14,20,25H,1-3,12-13,16H2. The molecule has 1 aliphatic heterocycles. The van der Waals surface area contributed by atoms with Gasteiger partial charge >= 0.3 is 0 Å². The number of fused-ring (bicyclic) bond motifs is 3. The fourth-order valence-electron chi connectivity index (χ4n) is 4.00. The molecule has 28 heavy (non-hydrogen) atoms. The lowest BCUT2D eigenvalue weighted by molar-refractivity contribution is 0.182. The van der Waals surface area contributed by atoms with Crippen molar-refractivity contribution in [3.05, 3.63) is 65.6 Å². The maximum atomic E-state index is 8.90. The van der Waals surface area contributed by atoms with Gasteiger partial charge in [-0.3, -0.25) is 0 Å². The van der Waals surface area contributed by atoms with Crippen LogP contribution in [0.2, 0.25) is 0 Å². The molecule has 0 unspecified atom stereocenters. The highest BCUT2D eigenvalue weighted by Gasteiger charge is 2.24. The van der Waals surface area contributed by atoms with E-state index in [0.29, 0.717) is 5.56 Å². The summed E-state index contributed by atoms with van der Waals surface area (Å²) in [5.74, 6) is 1.04. The third kappa shape index (κ3) is 3.11.